The zero-order chi connectivity index (χ0) is 21.1. The van der Waals surface area contributed by atoms with Gasteiger partial charge in [0.2, 0.25) is 5.95 Å². The third kappa shape index (κ3) is 3.93. The van der Waals surface area contributed by atoms with Crippen LogP contribution in [-0.2, 0) is 0 Å². The van der Waals surface area contributed by atoms with Crippen molar-refractivity contribution in [2.75, 3.05) is 45.3 Å². The van der Waals surface area contributed by atoms with Crippen molar-refractivity contribution in [2.45, 2.75) is 6.92 Å². The third-order valence-corrected chi connectivity index (χ3v) is 6.22. The van der Waals surface area contributed by atoms with Crippen molar-refractivity contribution >= 4 is 23.2 Å². The topological polar surface area (TPSA) is 80.7 Å². The fourth-order valence-electron chi connectivity index (χ4n) is 3.40. The minimum Gasteiger partial charge on any atom is -0.493 e. The summed E-state index contributed by atoms with van der Waals surface area (Å²) < 4.78 is 10.7. The van der Waals surface area contributed by atoms with Gasteiger partial charge in [-0.05, 0) is 31.2 Å². The Kier molecular flexibility index (Phi) is 5.80. The molecule has 0 aliphatic carbocycles. The summed E-state index contributed by atoms with van der Waals surface area (Å²) in [5.74, 6) is 2.01. The molecular weight excluding hydrogens is 402 g/mol. The highest BCUT2D eigenvalue weighted by atomic mass is 32.1. The van der Waals surface area contributed by atoms with Crippen molar-refractivity contribution in [3.05, 3.63) is 47.2 Å². The average molecular weight is 426 g/mol. The van der Waals surface area contributed by atoms with Gasteiger partial charge in [0.1, 0.15) is 9.88 Å². The monoisotopic (exact) mass is 425 g/mol. The fraction of sp³-hybridized carbons (Fsp3) is 0.333. The Morgan fingerprint density at radius 2 is 1.73 bits per heavy atom. The van der Waals surface area contributed by atoms with Gasteiger partial charge in [-0.2, -0.15) is 0 Å². The summed E-state index contributed by atoms with van der Waals surface area (Å²) in [5.41, 5.74) is 1.63. The molecule has 0 spiro atoms. The van der Waals surface area contributed by atoms with Crippen molar-refractivity contribution in [3.8, 4) is 22.1 Å². The molecule has 1 amide bonds. The predicted octanol–water partition coefficient (Wildman–Crippen LogP) is 2.89. The summed E-state index contributed by atoms with van der Waals surface area (Å²) in [6.45, 7) is 4.54. The molecule has 8 nitrogen and oxygen atoms in total. The van der Waals surface area contributed by atoms with E-state index in [-0.39, 0.29) is 5.91 Å². The number of carbonyl (C=O) groups excluding carboxylic acids is 1. The number of thiazole rings is 1. The van der Waals surface area contributed by atoms with Gasteiger partial charge in [-0.3, -0.25) is 4.79 Å². The highest BCUT2D eigenvalue weighted by Crippen LogP contribution is 2.35. The first-order valence-corrected chi connectivity index (χ1v) is 10.4. The molecule has 0 radical (unpaired) electrons. The lowest BCUT2D eigenvalue weighted by atomic mass is 10.2. The van der Waals surface area contributed by atoms with E-state index in [2.05, 4.69) is 19.9 Å². The number of anilines is 1. The molecule has 1 aliphatic heterocycles. The molecule has 0 unspecified atom stereocenters. The van der Waals surface area contributed by atoms with Crippen LogP contribution in [0.2, 0.25) is 0 Å². The summed E-state index contributed by atoms with van der Waals surface area (Å²) in [7, 11) is 3.20. The standard InChI is InChI=1S/C21H23N5O3S/c1-14-18(30-19(24-14)15-5-6-16(28-2)17(13-15)29-3)20(27)25-9-11-26(12-10-25)21-22-7-4-8-23-21/h4-8,13H,9-12H2,1-3H3. The number of aryl methyl sites for hydroxylation is 1. The van der Waals surface area contributed by atoms with Gasteiger partial charge in [-0.25, -0.2) is 15.0 Å². The molecule has 2 aromatic heterocycles. The minimum atomic E-state index is 0.0188. The molecule has 3 heterocycles. The van der Waals surface area contributed by atoms with E-state index in [0.717, 1.165) is 16.3 Å². The van der Waals surface area contributed by atoms with E-state index in [0.29, 0.717) is 48.5 Å². The fourth-order valence-corrected chi connectivity index (χ4v) is 4.43. The Hall–Kier alpha value is -3.20. The number of amides is 1. The first-order chi connectivity index (χ1) is 14.6. The van der Waals surface area contributed by atoms with Crippen molar-refractivity contribution in [3.63, 3.8) is 0 Å². The van der Waals surface area contributed by atoms with Crippen LogP contribution >= 0.6 is 11.3 Å². The van der Waals surface area contributed by atoms with Crippen LogP contribution < -0.4 is 14.4 Å². The van der Waals surface area contributed by atoms with Crippen LogP contribution in [0.4, 0.5) is 5.95 Å². The van der Waals surface area contributed by atoms with Crippen LogP contribution in [0.25, 0.3) is 10.6 Å². The van der Waals surface area contributed by atoms with Gasteiger partial charge in [-0.1, -0.05) is 0 Å². The second-order valence-electron chi connectivity index (χ2n) is 6.83. The normalized spacial score (nSPS) is 14.0. The number of methoxy groups -OCH3 is 2. The van der Waals surface area contributed by atoms with E-state index >= 15 is 0 Å². The zero-order valence-electron chi connectivity index (χ0n) is 17.2. The van der Waals surface area contributed by atoms with Crippen molar-refractivity contribution in [1.29, 1.82) is 0 Å². The summed E-state index contributed by atoms with van der Waals surface area (Å²) in [6.07, 6.45) is 3.46. The Bertz CT molecular complexity index is 1030. The van der Waals surface area contributed by atoms with Gasteiger partial charge in [0, 0.05) is 44.1 Å². The van der Waals surface area contributed by atoms with Gasteiger partial charge >= 0.3 is 0 Å². The summed E-state index contributed by atoms with van der Waals surface area (Å²) >= 11 is 1.41. The van der Waals surface area contributed by atoms with Gasteiger partial charge < -0.3 is 19.3 Å². The van der Waals surface area contributed by atoms with Crippen molar-refractivity contribution < 1.29 is 14.3 Å². The molecule has 1 aromatic carbocycles. The number of benzene rings is 1. The van der Waals surface area contributed by atoms with E-state index in [1.807, 2.05) is 30.0 Å². The SMILES string of the molecule is COc1ccc(-c2nc(C)c(C(=O)N3CCN(c4ncccn4)CC3)s2)cc1OC. The highest BCUT2D eigenvalue weighted by Gasteiger charge is 2.26. The molecule has 156 valence electrons. The van der Waals surface area contributed by atoms with Crippen LogP contribution in [-0.4, -0.2) is 66.2 Å². The van der Waals surface area contributed by atoms with E-state index < -0.39 is 0 Å². The van der Waals surface area contributed by atoms with Gasteiger partial charge in [0.15, 0.2) is 11.5 Å². The summed E-state index contributed by atoms with van der Waals surface area (Å²) in [6, 6.07) is 7.44. The predicted molar refractivity (Wildman–Crippen MR) is 116 cm³/mol. The van der Waals surface area contributed by atoms with Crippen LogP contribution in [0.5, 0.6) is 11.5 Å². The first-order valence-electron chi connectivity index (χ1n) is 9.61. The Morgan fingerprint density at radius 3 is 2.40 bits per heavy atom. The second kappa shape index (κ2) is 8.66. The maximum atomic E-state index is 13.1. The number of nitrogens with zero attached hydrogens (tertiary/aromatic N) is 5. The molecule has 0 atom stereocenters. The van der Waals surface area contributed by atoms with Crippen molar-refractivity contribution in [2.24, 2.45) is 0 Å². The summed E-state index contributed by atoms with van der Waals surface area (Å²) in [4.78, 5) is 31.0. The number of hydrogen-bond acceptors (Lipinski definition) is 8. The quantitative estimate of drug-likeness (QED) is 0.622. The molecule has 1 aliphatic rings. The third-order valence-electron chi connectivity index (χ3n) is 5.02. The number of ether oxygens (including phenoxy) is 2. The van der Waals surface area contributed by atoms with Crippen LogP contribution in [0.3, 0.4) is 0 Å². The summed E-state index contributed by atoms with van der Waals surface area (Å²) in [5, 5.41) is 0.785. The molecule has 0 N–H and O–H groups in total. The first kappa shape index (κ1) is 20.1. The molecular formula is C21H23N5O3S. The minimum absolute atomic E-state index is 0.0188. The van der Waals surface area contributed by atoms with E-state index in [4.69, 9.17) is 9.47 Å². The van der Waals surface area contributed by atoms with Crippen LogP contribution in [0.15, 0.2) is 36.7 Å². The number of carbonyl (C=O) groups is 1. The van der Waals surface area contributed by atoms with Crippen LogP contribution in [0.1, 0.15) is 15.4 Å². The van der Waals surface area contributed by atoms with E-state index in [1.54, 1.807) is 32.7 Å². The molecule has 0 saturated carbocycles. The average Bonchev–Trinajstić information content (AvgIpc) is 3.20. The molecule has 30 heavy (non-hydrogen) atoms. The Morgan fingerprint density at radius 1 is 1.03 bits per heavy atom. The number of piperazine rings is 1. The Balaban J connectivity index is 1.49. The maximum Gasteiger partial charge on any atom is 0.265 e. The smallest absolute Gasteiger partial charge is 0.265 e. The number of rotatable bonds is 5. The van der Waals surface area contributed by atoms with Crippen molar-refractivity contribution in [1.82, 2.24) is 19.9 Å². The lowest BCUT2D eigenvalue weighted by Gasteiger charge is -2.34. The second-order valence-corrected chi connectivity index (χ2v) is 7.83. The number of hydrogen-bond donors (Lipinski definition) is 0. The Labute approximate surface area is 179 Å². The molecule has 9 heteroatoms. The molecule has 3 aromatic rings. The molecule has 0 bridgehead atoms. The lowest BCUT2D eigenvalue weighted by molar-refractivity contribution is 0.0750. The van der Waals surface area contributed by atoms with E-state index in [1.165, 1.54) is 11.3 Å². The number of aromatic nitrogens is 3. The lowest BCUT2D eigenvalue weighted by Crippen LogP contribution is -2.49. The molecule has 1 fully saturated rings. The largest absolute Gasteiger partial charge is 0.493 e. The molecule has 4 rings (SSSR count). The molecule has 1 saturated heterocycles. The highest BCUT2D eigenvalue weighted by molar-refractivity contribution is 7.17. The zero-order valence-corrected chi connectivity index (χ0v) is 18.0. The van der Waals surface area contributed by atoms with Gasteiger partial charge in [0.25, 0.3) is 5.91 Å². The van der Waals surface area contributed by atoms with Gasteiger partial charge in [-0.15, -0.1) is 11.3 Å². The maximum absolute atomic E-state index is 13.1. The van der Waals surface area contributed by atoms with Gasteiger partial charge in [0.05, 0.1) is 19.9 Å². The van der Waals surface area contributed by atoms with Crippen LogP contribution in [0, 0.1) is 6.92 Å². The van der Waals surface area contributed by atoms with E-state index in [9.17, 15) is 4.79 Å².